The molecule has 2 aromatic carbocycles. The molecule has 0 unspecified atom stereocenters. The summed E-state index contributed by atoms with van der Waals surface area (Å²) in [4.78, 5) is 37.6. The standard InChI is InChI=1S/C21H18INO6S/c1-2-28-16-5-3-4-14(19(16)29-12-18(24)25)10-17-20(26)23(21(27)30-17)11-13-6-8-15(22)9-7-13/h3-10H,2,11-12H2,1H3,(H,24,25)/b17-10-. The van der Waals surface area contributed by atoms with Gasteiger partial charge in [-0.05, 0) is 71.1 Å². The van der Waals surface area contributed by atoms with Crippen LogP contribution in [0.3, 0.4) is 0 Å². The maximum atomic E-state index is 12.8. The summed E-state index contributed by atoms with van der Waals surface area (Å²) < 4.78 is 12.0. The minimum Gasteiger partial charge on any atom is -0.490 e. The van der Waals surface area contributed by atoms with Crippen LogP contribution >= 0.6 is 34.4 Å². The van der Waals surface area contributed by atoms with Gasteiger partial charge in [0.2, 0.25) is 0 Å². The average Bonchev–Trinajstić information content (AvgIpc) is 2.96. The molecule has 0 bridgehead atoms. The number of ether oxygens (including phenoxy) is 2. The Morgan fingerprint density at radius 2 is 1.90 bits per heavy atom. The van der Waals surface area contributed by atoms with Gasteiger partial charge in [0.05, 0.1) is 18.1 Å². The molecule has 2 aromatic rings. The Morgan fingerprint density at radius 1 is 1.17 bits per heavy atom. The molecule has 1 aliphatic rings. The third kappa shape index (κ3) is 5.33. The van der Waals surface area contributed by atoms with Gasteiger partial charge in [-0.3, -0.25) is 14.5 Å². The van der Waals surface area contributed by atoms with Crippen molar-refractivity contribution in [1.82, 2.24) is 4.90 Å². The van der Waals surface area contributed by atoms with Crippen molar-refractivity contribution in [3.63, 3.8) is 0 Å². The zero-order valence-corrected chi connectivity index (χ0v) is 18.9. The number of rotatable bonds is 8. The second kappa shape index (κ2) is 9.98. The number of hydrogen-bond acceptors (Lipinski definition) is 6. The van der Waals surface area contributed by atoms with Crippen LogP contribution in [-0.2, 0) is 16.1 Å². The SMILES string of the molecule is CCOc1cccc(/C=C2\SC(=O)N(Cc3ccc(I)cc3)C2=O)c1OCC(=O)O. The van der Waals surface area contributed by atoms with Crippen LogP contribution in [0.15, 0.2) is 47.4 Å². The van der Waals surface area contributed by atoms with E-state index in [4.69, 9.17) is 14.6 Å². The molecule has 7 nitrogen and oxygen atoms in total. The van der Waals surface area contributed by atoms with Crippen LogP contribution in [-0.4, -0.2) is 40.3 Å². The smallest absolute Gasteiger partial charge is 0.341 e. The highest BCUT2D eigenvalue weighted by atomic mass is 127. The molecule has 1 saturated heterocycles. The van der Waals surface area contributed by atoms with E-state index in [-0.39, 0.29) is 22.4 Å². The summed E-state index contributed by atoms with van der Waals surface area (Å²) in [5.41, 5.74) is 1.31. The van der Waals surface area contributed by atoms with E-state index in [1.54, 1.807) is 25.1 Å². The van der Waals surface area contributed by atoms with Crippen LogP contribution in [0.25, 0.3) is 6.08 Å². The first-order chi connectivity index (χ1) is 14.4. The fraction of sp³-hybridized carbons (Fsp3) is 0.190. The highest BCUT2D eigenvalue weighted by Crippen LogP contribution is 2.38. The molecule has 0 radical (unpaired) electrons. The second-order valence-corrected chi connectivity index (χ2v) is 8.42. The summed E-state index contributed by atoms with van der Waals surface area (Å²) >= 11 is 3.02. The lowest BCUT2D eigenvalue weighted by Crippen LogP contribution is -2.27. The number of para-hydroxylation sites is 1. The summed E-state index contributed by atoms with van der Waals surface area (Å²) in [7, 11) is 0. The van der Waals surface area contributed by atoms with E-state index in [2.05, 4.69) is 22.6 Å². The van der Waals surface area contributed by atoms with Gasteiger partial charge in [0.25, 0.3) is 11.1 Å². The fourth-order valence-corrected chi connectivity index (χ4v) is 3.94. The predicted octanol–water partition coefficient (Wildman–Crippen LogP) is 4.39. The second-order valence-electron chi connectivity index (χ2n) is 6.18. The summed E-state index contributed by atoms with van der Waals surface area (Å²) in [5, 5.41) is 8.59. The van der Waals surface area contributed by atoms with Gasteiger partial charge in [0.15, 0.2) is 18.1 Å². The number of nitrogens with zero attached hydrogens (tertiary/aromatic N) is 1. The lowest BCUT2D eigenvalue weighted by atomic mass is 10.1. The van der Waals surface area contributed by atoms with Crippen LogP contribution in [0.4, 0.5) is 4.79 Å². The normalized spacial score (nSPS) is 15.0. The van der Waals surface area contributed by atoms with Crippen LogP contribution in [0.2, 0.25) is 0 Å². The van der Waals surface area contributed by atoms with Crippen molar-refractivity contribution in [2.24, 2.45) is 0 Å². The lowest BCUT2D eigenvalue weighted by molar-refractivity contribution is -0.139. The van der Waals surface area contributed by atoms with Crippen molar-refractivity contribution >= 4 is 57.5 Å². The molecule has 9 heteroatoms. The van der Waals surface area contributed by atoms with Crippen LogP contribution < -0.4 is 9.47 Å². The number of hydrogen-bond donors (Lipinski definition) is 1. The van der Waals surface area contributed by atoms with Crippen molar-refractivity contribution in [3.8, 4) is 11.5 Å². The predicted molar refractivity (Wildman–Crippen MR) is 121 cm³/mol. The summed E-state index contributed by atoms with van der Waals surface area (Å²) in [6.45, 7) is 1.78. The molecule has 1 aliphatic heterocycles. The van der Waals surface area contributed by atoms with E-state index in [0.717, 1.165) is 20.9 Å². The van der Waals surface area contributed by atoms with Crippen molar-refractivity contribution in [2.45, 2.75) is 13.5 Å². The molecule has 3 rings (SSSR count). The van der Waals surface area contributed by atoms with Crippen LogP contribution in [0.5, 0.6) is 11.5 Å². The van der Waals surface area contributed by atoms with E-state index in [9.17, 15) is 14.4 Å². The van der Waals surface area contributed by atoms with Gasteiger partial charge in [0.1, 0.15) is 0 Å². The Kier molecular flexibility index (Phi) is 7.38. The molecule has 0 spiro atoms. The first-order valence-electron chi connectivity index (χ1n) is 8.99. The molecule has 1 heterocycles. The Morgan fingerprint density at radius 3 is 2.57 bits per heavy atom. The zero-order valence-electron chi connectivity index (χ0n) is 16.0. The van der Waals surface area contributed by atoms with Crippen molar-refractivity contribution in [3.05, 3.63) is 62.1 Å². The molecule has 0 saturated carbocycles. The Bertz CT molecular complexity index is 1010. The van der Waals surface area contributed by atoms with E-state index in [0.29, 0.717) is 17.9 Å². The number of carboxylic acids is 1. The lowest BCUT2D eigenvalue weighted by Gasteiger charge is -2.14. The molecular weight excluding hydrogens is 521 g/mol. The first kappa shape index (κ1) is 22.2. The van der Waals surface area contributed by atoms with Crippen LogP contribution in [0.1, 0.15) is 18.1 Å². The minimum absolute atomic E-state index is 0.181. The molecule has 30 heavy (non-hydrogen) atoms. The molecule has 0 aliphatic carbocycles. The number of imide groups is 1. The molecule has 156 valence electrons. The Hall–Kier alpha value is -2.53. The van der Waals surface area contributed by atoms with Crippen molar-refractivity contribution in [2.75, 3.05) is 13.2 Å². The maximum Gasteiger partial charge on any atom is 0.341 e. The van der Waals surface area contributed by atoms with Gasteiger partial charge in [0, 0.05) is 9.13 Å². The number of amides is 2. The van der Waals surface area contributed by atoms with Gasteiger partial charge in [-0.2, -0.15) is 0 Å². The van der Waals surface area contributed by atoms with E-state index in [1.807, 2.05) is 24.3 Å². The molecular formula is C21H18INO6S. The first-order valence-corrected chi connectivity index (χ1v) is 10.9. The number of benzene rings is 2. The molecule has 0 aromatic heterocycles. The van der Waals surface area contributed by atoms with E-state index in [1.165, 1.54) is 11.0 Å². The highest BCUT2D eigenvalue weighted by Gasteiger charge is 2.35. The van der Waals surface area contributed by atoms with Gasteiger partial charge >= 0.3 is 5.97 Å². The van der Waals surface area contributed by atoms with Gasteiger partial charge < -0.3 is 14.6 Å². The van der Waals surface area contributed by atoms with Crippen molar-refractivity contribution in [1.29, 1.82) is 0 Å². The summed E-state index contributed by atoms with van der Waals surface area (Å²) in [6.07, 6.45) is 1.53. The quantitative estimate of drug-likeness (QED) is 0.393. The van der Waals surface area contributed by atoms with Crippen molar-refractivity contribution < 1.29 is 29.0 Å². The summed E-state index contributed by atoms with van der Waals surface area (Å²) in [5.74, 6) is -0.962. The molecule has 0 atom stereocenters. The average molecular weight is 539 g/mol. The van der Waals surface area contributed by atoms with Gasteiger partial charge in [-0.1, -0.05) is 24.3 Å². The number of aliphatic carboxylic acids is 1. The minimum atomic E-state index is -1.13. The number of carbonyl (C=O) groups excluding carboxylic acids is 2. The molecule has 1 N–H and O–H groups in total. The monoisotopic (exact) mass is 539 g/mol. The maximum absolute atomic E-state index is 12.8. The number of halogens is 1. The zero-order chi connectivity index (χ0) is 21.7. The van der Waals surface area contributed by atoms with Gasteiger partial charge in [-0.15, -0.1) is 0 Å². The number of carboxylic acid groups (broad SMARTS) is 1. The number of carbonyl (C=O) groups is 3. The van der Waals surface area contributed by atoms with Gasteiger partial charge in [-0.25, -0.2) is 4.79 Å². The molecule has 2 amide bonds. The molecule has 1 fully saturated rings. The third-order valence-corrected chi connectivity index (χ3v) is 5.69. The van der Waals surface area contributed by atoms with Crippen LogP contribution in [0, 0.1) is 3.57 Å². The van der Waals surface area contributed by atoms with E-state index >= 15 is 0 Å². The Labute approximate surface area is 191 Å². The number of thioether (sulfide) groups is 1. The van der Waals surface area contributed by atoms with E-state index < -0.39 is 18.5 Å². The topological polar surface area (TPSA) is 93.1 Å². The highest BCUT2D eigenvalue weighted by molar-refractivity contribution is 14.1. The Balaban J connectivity index is 1.88. The summed E-state index contributed by atoms with van der Waals surface area (Å²) in [6, 6.07) is 12.6. The fourth-order valence-electron chi connectivity index (χ4n) is 2.75. The largest absolute Gasteiger partial charge is 0.490 e. The third-order valence-electron chi connectivity index (χ3n) is 4.06.